The van der Waals surface area contributed by atoms with Gasteiger partial charge in [-0.2, -0.15) is 15.4 Å². The van der Waals surface area contributed by atoms with Crippen LogP contribution in [0.15, 0.2) is 44.2 Å². The SMILES string of the molecule is CCCCC(CC)CN(CC(CC)CCCC)OOSc1ccc(N=Nc2c(C)c(C#N)c(O)n(CCOCCO)c2=O)cc1. The molecule has 2 N–H and O–H groups in total. The van der Waals surface area contributed by atoms with E-state index < -0.39 is 11.4 Å². The van der Waals surface area contributed by atoms with Crippen molar-refractivity contribution in [1.29, 1.82) is 5.26 Å². The van der Waals surface area contributed by atoms with Gasteiger partial charge >= 0.3 is 0 Å². The zero-order valence-corrected chi connectivity index (χ0v) is 28.4. The first-order valence-electron chi connectivity index (χ1n) is 16.2. The van der Waals surface area contributed by atoms with Gasteiger partial charge in [0, 0.05) is 23.5 Å². The molecule has 0 fully saturated rings. The smallest absolute Gasteiger partial charge is 0.281 e. The van der Waals surface area contributed by atoms with Crippen molar-refractivity contribution in [1.82, 2.24) is 9.63 Å². The lowest BCUT2D eigenvalue weighted by atomic mass is 9.97. The molecule has 1 aromatic heterocycles. The van der Waals surface area contributed by atoms with Crippen molar-refractivity contribution in [2.75, 3.05) is 32.9 Å². The normalized spacial score (nSPS) is 13.0. The quantitative estimate of drug-likeness (QED) is 0.0407. The highest BCUT2D eigenvalue weighted by Crippen LogP contribution is 2.29. The van der Waals surface area contributed by atoms with Gasteiger partial charge in [-0.25, -0.2) is 0 Å². The van der Waals surface area contributed by atoms with Crippen LogP contribution >= 0.6 is 12.0 Å². The van der Waals surface area contributed by atoms with Crippen LogP contribution in [0.2, 0.25) is 0 Å². The van der Waals surface area contributed by atoms with Gasteiger partial charge < -0.3 is 14.9 Å². The monoisotopic (exact) mass is 645 g/mol. The van der Waals surface area contributed by atoms with Crippen LogP contribution in [-0.2, 0) is 20.6 Å². The molecule has 11 nitrogen and oxygen atoms in total. The predicted octanol–water partition coefficient (Wildman–Crippen LogP) is 7.76. The van der Waals surface area contributed by atoms with Crippen molar-refractivity contribution in [3.8, 4) is 11.9 Å². The van der Waals surface area contributed by atoms with Gasteiger partial charge in [0.05, 0.1) is 44.1 Å². The van der Waals surface area contributed by atoms with Gasteiger partial charge in [0.1, 0.15) is 11.6 Å². The standard InChI is InChI=1S/C33H51N5O6S/c1-6-10-12-26(8-3)23-37(24-27(9-4)13-11-7-2)43-44-45-29-16-14-28(15-17-29)35-36-31-25(5)30(22-34)32(40)38(33(31)41)18-20-42-21-19-39/h14-17,26-27,39-40H,6-13,18-21,23-24H2,1-5H3. The molecule has 0 amide bonds. The minimum Gasteiger partial charge on any atom is -0.493 e. The molecule has 0 aliphatic carbocycles. The maximum absolute atomic E-state index is 13.1. The van der Waals surface area contributed by atoms with E-state index in [1.54, 1.807) is 19.1 Å². The topological polar surface area (TPSA) is 142 Å². The van der Waals surface area contributed by atoms with Gasteiger partial charge in [0.25, 0.3) is 5.56 Å². The van der Waals surface area contributed by atoms with Crippen LogP contribution in [-0.4, -0.2) is 52.8 Å². The number of pyridine rings is 1. The highest BCUT2D eigenvalue weighted by atomic mass is 32.2. The maximum Gasteiger partial charge on any atom is 0.281 e. The largest absolute Gasteiger partial charge is 0.493 e. The molecule has 2 rings (SSSR count). The Labute approximate surface area is 272 Å². The number of hydrogen-bond donors (Lipinski definition) is 2. The van der Waals surface area contributed by atoms with Gasteiger partial charge in [-0.1, -0.05) is 66.2 Å². The Bertz CT molecular complexity index is 1250. The Morgan fingerprint density at radius 2 is 1.62 bits per heavy atom. The molecule has 0 saturated heterocycles. The minimum atomic E-state index is -0.595. The molecular weight excluding hydrogens is 594 g/mol. The number of aliphatic hydroxyl groups excluding tert-OH is 1. The fourth-order valence-corrected chi connectivity index (χ4v) is 5.35. The van der Waals surface area contributed by atoms with Gasteiger partial charge in [-0.15, -0.1) is 14.4 Å². The molecule has 0 aliphatic heterocycles. The molecule has 2 atom stereocenters. The number of ether oxygens (including phenoxy) is 1. The molecule has 1 aromatic carbocycles. The number of benzene rings is 1. The van der Waals surface area contributed by atoms with Gasteiger partial charge in [-0.05, 0) is 55.9 Å². The van der Waals surface area contributed by atoms with Gasteiger partial charge in [-0.3, -0.25) is 9.36 Å². The van der Waals surface area contributed by atoms with Crippen LogP contribution < -0.4 is 5.56 Å². The summed E-state index contributed by atoms with van der Waals surface area (Å²) in [4.78, 5) is 19.7. The van der Waals surface area contributed by atoms with E-state index in [1.165, 1.54) is 38.5 Å². The summed E-state index contributed by atoms with van der Waals surface area (Å²) in [5, 5.41) is 39.2. The first-order valence-corrected chi connectivity index (χ1v) is 16.9. The third-order valence-electron chi connectivity index (χ3n) is 7.84. The molecule has 250 valence electrons. The highest BCUT2D eigenvalue weighted by Gasteiger charge is 2.20. The van der Waals surface area contributed by atoms with E-state index in [2.05, 4.69) is 37.9 Å². The third kappa shape index (κ3) is 12.9. The Morgan fingerprint density at radius 1 is 1.00 bits per heavy atom. The number of unbranched alkanes of at least 4 members (excludes halogenated alkanes) is 2. The van der Waals surface area contributed by atoms with Crippen LogP contribution in [0.1, 0.15) is 90.2 Å². The van der Waals surface area contributed by atoms with Crippen molar-refractivity contribution in [2.45, 2.75) is 97.4 Å². The zero-order valence-electron chi connectivity index (χ0n) is 27.5. The molecule has 0 spiro atoms. The number of nitriles is 1. The summed E-state index contributed by atoms with van der Waals surface area (Å²) in [5.74, 6) is 0.653. The molecule has 0 aliphatic rings. The van der Waals surface area contributed by atoms with Crippen LogP contribution in [0.25, 0.3) is 0 Å². The van der Waals surface area contributed by atoms with Gasteiger partial charge in [0.2, 0.25) is 5.88 Å². The first kappa shape index (κ1) is 38.4. The molecule has 0 radical (unpaired) electrons. The maximum atomic E-state index is 13.1. The predicted molar refractivity (Wildman–Crippen MR) is 177 cm³/mol. The van der Waals surface area contributed by atoms with Crippen molar-refractivity contribution in [3.05, 3.63) is 45.7 Å². The van der Waals surface area contributed by atoms with E-state index in [-0.39, 0.29) is 43.2 Å². The zero-order chi connectivity index (χ0) is 33.0. The van der Waals surface area contributed by atoms with E-state index >= 15 is 0 Å². The highest BCUT2D eigenvalue weighted by molar-refractivity contribution is 7.94. The molecule has 45 heavy (non-hydrogen) atoms. The number of rotatable bonds is 23. The number of hydrogen-bond acceptors (Lipinski definition) is 11. The van der Waals surface area contributed by atoms with Crippen molar-refractivity contribution in [2.24, 2.45) is 22.1 Å². The van der Waals surface area contributed by atoms with Gasteiger partial charge in [0.15, 0.2) is 5.69 Å². The van der Waals surface area contributed by atoms with Crippen LogP contribution in [0, 0.1) is 30.1 Å². The van der Waals surface area contributed by atoms with Crippen molar-refractivity contribution >= 4 is 23.4 Å². The second-order valence-electron chi connectivity index (χ2n) is 11.2. The molecule has 2 unspecified atom stereocenters. The Kier molecular flexibility index (Phi) is 18.6. The number of aromatic hydroxyl groups is 1. The summed E-state index contributed by atoms with van der Waals surface area (Å²) in [6.07, 6.45) is 9.34. The summed E-state index contributed by atoms with van der Waals surface area (Å²) in [7, 11) is 0. The Hall–Kier alpha value is -2.79. The molecule has 0 saturated carbocycles. The second kappa shape index (κ2) is 21.9. The summed E-state index contributed by atoms with van der Waals surface area (Å²) >= 11 is 1.12. The van der Waals surface area contributed by atoms with Crippen molar-refractivity contribution < 1.29 is 24.3 Å². The van der Waals surface area contributed by atoms with E-state index in [0.29, 0.717) is 17.5 Å². The molecule has 2 aromatic rings. The number of nitrogens with zero attached hydrogens (tertiary/aromatic N) is 5. The van der Waals surface area contributed by atoms with Crippen LogP contribution in [0.4, 0.5) is 11.4 Å². The third-order valence-corrected chi connectivity index (χ3v) is 8.44. The number of aromatic nitrogens is 1. The lowest BCUT2D eigenvalue weighted by Crippen LogP contribution is -2.33. The molecule has 1 heterocycles. The molecular formula is C33H51N5O6S. The van der Waals surface area contributed by atoms with Crippen molar-refractivity contribution in [3.63, 3.8) is 0 Å². The van der Waals surface area contributed by atoms with E-state index in [9.17, 15) is 15.2 Å². The Balaban J connectivity index is 2.10. The summed E-state index contributed by atoms with van der Waals surface area (Å²) in [6.45, 7) is 12.1. The number of aliphatic hydroxyl groups is 1. The summed E-state index contributed by atoms with van der Waals surface area (Å²) in [5.41, 5.74) is 0.0278. The van der Waals surface area contributed by atoms with E-state index in [0.717, 1.165) is 47.4 Å². The fraction of sp³-hybridized carbons (Fsp3) is 0.636. The molecule has 12 heteroatoms. The minimum absolute atomic E-state index is 0.0107. The van der Waals surface area contributed by atoms with Crippen LogP contribution in [0.5, 0.6) is 5.88 Å². The number of azo groups is 1. The number of hydroxylamine groups is 2. The lowest BCUT2D eigenvalue weighted by Gasteiger charge is -2.28. The second-order valence-corrected chi connectivity index (χ2v) is 12.0. The molecule has 0 bridgehead atoms. The lowest BCUT2D eigenvalue weighted by molar-refractivity contribution is -0.366. The summed E-state index contributed by atoms with van der Waals surface area (Å²) in [6, 6.07) is 9.05. The first-order chi connectivity index (χ1) is 21.8. The average molecular weight is 646 g/mol. The van der Waals surface area contributed by atoms with E-state index in [4.69, 9.17) is 19.2 Å². The summed E-state index contributed by atoms with van der Waals surface area (Å²) < 4.78 is 11.9. The fourth-order valence-electron chi connectivity index (χ4n) is 4.91. The van der Waals surface area contributed by atoms with Crippen LogP contribution in [0.3, 0.4) is 0 Å². The Morgan fingerprint density at radius 3 is 2.16 bits per heavy atom. The van der Waals surface area contributed by atoms with E-state index in [1.807, 2.05) is 23.3 Å². The average Bonchev–Trinajstić information content (AvgIpc) is 3.05.